The second-order valence-corrected chi connectivity index (χ2v) is 3.32. The van der Waals surface area contributed by atoms with Crippen LogP contribution in [0.2, 0.25) is 0 Å². The van der Waals surface area contributed by atoms with Gasteiger partial charge in [0, 0.05) is 6.54 Å². The minimum absolute atomic E-state index is 0.107. The number of amides is 2. The average molecular weight is 185 g/mol. The number of hydrogen-bond acceptors (Lipinski definition) is 3. The lowest BCUT2D eigenvalue weighted by Crippen LogP contribution is -2.47. The average Bonchev–Trinajstić information content (AvgIpc) is 2.12. The Labute approximate surface area is 77.8 Å². The molecule has 0 radical (unpaired) electrons. The number of imide groups is 1. The number of unbranched alkanes of at least 4 members (excludes halogenated alkanes) is 1. The number of ether oxygens (including phenoxy) is 1. The summed E-state index contributed by atoms with van der Waals surface area (Å²) < 4.78 is 4.84. The molecule has 4 heteroatoms. The topological polar surface area (TPSA) is 46.6 Å². The van der Waals surface area contributed by atoms with Crippen molar-refractivity contribution < 1.29 is 14.3 Å². The van der Waals surface area contributed by atoms with Crippen molar-refractivity contribution in [3.8, 4) is 0 Å². The molecule has 1 atom stereocenters. The van der Waals surface area contributed by atoms with E-state index < -0.39 is 6.09 Å². The van der Waals surface area contributed by atoms with Crippen molar-refractivity contribution in [3.05, 3.63) is 0 Å². The molecule has 0 bridgehead atoms. The zero-order valence-electron chi connectivity index (χ0n) is 8.08. The van der Waals surface area contributed by atoms with Gasteiger partial charge in [-0.15, -0.1) is 0 Å². The molecule has 0 aromatic carbocycles. The first-order valence-electron chi connectivity index (χ1n) is 4.65. The summed E-state index contributed by atoms with van der Waals surface area (Å²) in [6.45, 7) is 4.50. The Morgan fingerprint density at radius 3 is 2.85 bits per heavy atom. The smallest absolute Gasteiger partial charge is 0.416 e. The molecule has 1 saturated heterocycles. The van der Waals surface area contributed by atoms with Gasteiger partial charge < -0.3 is 4.74 Å². The molecule has 74 valence electrons. The number of rotatable bonds is 3. The number of nitrogens with zero attached hydrogens (tertiary/aromatic N) is 1. The Morgan fingerprint density at radius 2 is 2.23 bits per heavy atom. The third-order valence-electron chi connectivity index (χ3n) is 2.10. The third-order valence-corrected chi connectivity index (χ3v) is 2.10. The fourth-order valence-electron chi connectivity index (χ4n) is 1.22. The summed E-state index contributed by atoms with van der Waals surface area (Å²) in [6, 6.07) is 0. The van der Waals surface area contributed by atoms with E-state index in [-0.39, 0.29) is 18.4 Å². The quantitative estimate of drug-likeness (QED) is 0.667. The van der Waals surface area contributed by atoms with Gasteiger partial charge in [0.2, 0.25) is 5.91 Å². The molecule has 1 heterocycles. The fourth-order valence-corrected chi connectivity index (χ4v) is 1.22. The molecule has 13 heavy (non-hydrogen) atoms. The number of carbonyl (C=O) groups is 2. The van der Waals surface area contributed by atoms with Crippen molar-refractivity contribution in [3.63, 3.8) is 0 Å². The van der Waals surface area contributed by atoms with Crippen LogP contribution in [-0.2, 0) is 9.53 Å². The maximum Gasteiger partial charge on any atom is 0.416 e. The van der Waals surface area contributed by atoms with Crippen LogP contribution in [0.4, 0.5) is 4.79 Å². The van der Waals surface area contributed by atoms with Crippen molar-refractivity contribution in [2.45, 2.75) is 26.7 Å². The van der Waals surface area contributed by atoms with E-state index in [0.29, 0.717) is 6.54 Å². The standard InChI is InChI=1S/C9H15NO3/c1-3-4-5-10-8(11)7(2)6-13-9(10)12/h7H,3-6H2,1-2H3. The highest BCUT2D eigenvalue weighted by Crippen LogP contribution is 2.12. The van der Waals surface area contributed by atoms with Crippen LogP contribution < -0.4 is 0 Å². The molecule has 0 aromatic heterocycles. The van der Waals surface area contributed by atoms with Gasteiger partial charge in [0.05, 0.1) is 5.92 Å². The van der Waals surface area contributed by atoms with Gasteiger partial charge in [-0.05, 0) is 6.42 Å². The van der Waals surface area contributed by atoms with Crippen LogP contribution in [0.1, 0.15) is 26.7 Å². The van der Waals surface area contributed by atoms with E-state index in [1.165, 1.54) is 4.90 Å². The van der Waals surface area contributed by atoms with Gasteiger partial charge in [0.25, 0.3) is 0 Å². The SMILES string of the molecule is CCCCN1C(=O)OCC(C)C1=O. The van der Waals surface area contributed by atoms with Crippen LogP contribution in [0.25, 0.3) is 0 Å². The normalized spacial score (nSPS) is 23.2. The van der Waals surface area contributed by atoms with Crippen molar-refractivity contribution in [1.82, 2.24) is 4.90 Å². The van der Waals surface area contributed by atoms with E-state index in [0.717, 1.165) is 12.8 Å². The van der Waals surface area contributed by atoms with Gasteiger partial charge in [-0.1, -0.05) is 20.3 Å². The van der Waals surface area contributed by atoms with Gasteiger partial charge in [-0.2, -0.15) is 0 Å². The van der Waals surface area contributed by atoms with E-state index in [2.05, 4.69) is 0 Å². The van der Waals surface area contributed by atoms with Crippen LogP contribution in [0.5, 0.6) is 0 Å². The minimum Gasteiger partial charge on any atom is -0.448 e. The molecular formula is C9H15NO3. The van der Waals surface area contributed by atoms with Crippen molar-refractivity contribution in [1.29, 1.82) is 0 Å². The first kappa shape index (κ1) is 10.0. The Balaban J connectivity index is 2.56. The second kappa shape index (κ2) is 4.25. The molecule has 2 amide bonds. The molecule has 1 fully saturated rings. The lowest BCUT2D eigenvalue weighted by atomic mass is 10.1. The maximum absolute atomic E-state index is 11.5. The van der Waals surface area contributed by atoms with Crippen LogP contribution >= 0.6 is 0 Å². The predicted molar refractivity (Wildman–Crippen MR) is 47.1 cm³/mol. The van der Waals surface area contributed by atoms with Crippen molar-refractivity contribution >= 4 is 12.0 Å². The van der Waals surface area contributed by atoms with Gasteiger partial charge in [0.15, 0.2) is 0 Å². The monoisotopic (exact) mass is 185 g/mol. The lowest BCUT2D eigenvalue weighted by molar-refractivity contribution is -0.138. The van der Waals surface area contributed by atoms with E-state index in [1.807, 2.05) is 6.92 Å². The molecule has 0 spiro atoms. The molecule has 0 aromatic rings. The Kier molecular flexibility index (Phi) is 3.28. The molecule has 0 aliphatic carbocycles. The van der Waals surface area contributed by atoms with Gasteiger partial charge in [-0.25, -0.2) is 9.69 Å². The summed E-state index contributed by atoms with van der Waals surface area (Å²) in [7, 11) is 0. The summed E-state index contributed by atoms with van der Waals surface area (Å²) in [5.41, 5.74) is 0. The third kappa shape index (κ3) is 2.20. The van der Waals surface area contributed by atoms with E-state index >= 15 is 0 Å². The first-order chi connectivity index (χ1) is 6.16. The zero-order valence-corrected chi connectivity index (χ0v) is 8.08. The number of cyclic esters (lactones) is 1. The van der Waals surface area contributed by atoms with Gasteiger partial charge >= 0.3 is 6.09 Å². The maximum atomic E-state index is 11.5. The molecule has 0 saturated carbocycles. The molecule has 1 rings (SSSR count). The second-order valence-electron chi connectivity index (χ2n) is 3.32. The highest BCUT2D eigenvalue weighted by atomic mass is 16.6. The van der Waals surface area contributed by atoms with Crippen molar-refractivity contribution in [2.24, 2.45) is 5.92 Å². The molecule has 1 unspecified atom stereocenters. The fraction of sp³-hybridized carbons (Fsp3) is 0.778. The zero-order chi connectivity index (χ0) is 9.84. The summed E-state index contributed by atoms with van der Waals surface area (Å²) in [5, 5.41) is 0. The first-order valence-corrected chi connectivity index (χ1v) is 4.65. The van der Waals surface area contributed by atoms with Gasteiger partial charge in [-0.3, -0.25) is 4.79 Å². The van der Waals surface area contributed by atoms with E-state index in [1.54, 1.807) is 6.92 Å². The van der Waals surface area contributed by atoms with Crippen LogP contribution in [-0.4, -0.2) is 30.1 Å². The van der Waals surface area contributed by atoms with Crippen LogP contribution in [0.3, 0.4) is 0 Å². The lowest BCUT2D eigenvalue weighted by Gasteiger charge is -2.28. The summed E-state index contributed by atoms with van der Waals surface area (Å²) in [5.74, 6) is -0.292. The predicted octanol–water partition coefficient (Wildman–Crippen LogP) is 1.40. The minimum atomic E-state index is -0.489. The number of hydrogen-bond donors (Lipinski definition) is 0. The molecular weight excluding hydrogens is 170 g/mol. The van der Waals surface area contributed by atoms with Crippen LogP contribution in [0, 0.1) is 5.92 Å². The van der Waals surface area contributed by atoms with Crippen LogP contribution in [0.15, 0.2) is 0 Å². The van der Waals surface area contributed by atoms with E-state index in [9.17, 15) is 9.59 Å². The summed E-state index contributed by atoms with van der Waals surface area (Å²) >= 11 is 0. The number of carbonyl (C=O) groups excluding carboxylic acids is 2. The van der Waals surface area contributed by atoms with E-state index in [4.69, 9.17) is 4.74 Å². The highest BCUT2D eigenvalue weighted by molar-refractivity contribution is 5.94. The van der Waals surface area contributed by atoms with Gasteiger partial charge in [0.1, 0.15) is 6.61 Å². The molecule has 1 aliphatic rings. The Bertz CT molecular complexity index is 215. The largest absolute Gasteiger partial charge is 0.448 e. The highest BCUT2D eigenvalue weighted by Gasteiger charge is 2.32. The Hall–Kier alpha value is -1.06. The Morgan fingerprint density at radius 1 is 1.54 bits per heavy atom. The molecule has 0 N–H and O–H groups in total. The molecule has 1 aliphatic heterocycles. The molecule has 4 nitrogen and oxygen atoms in total. The summed E-state index contributed by atoms with van der Waals surface area (Å²) in [6.07, 6.45) is 1.32. The summed E-state index contributed by atoms with van der Waals surface area (Å²) in [4.78, 5) is 23.8. The van der Waals surface area contributed by atoms with Crippen molar-refractivity contribution in [2.75, 3.05) is 13.2 Å².